The molecule has 0 unspecified atom stereocenters. The zero-order valence-electron chi connectivity index (χ0n) is 18.7. The first-order chi connectivity index (χ1) is 16.8. The Bertz CT molecular complexity index is 1540. The number of nitrogens with zero attached hydrogens (tertiary/aromatic N) is 2. The SMILES string of the molecule is COc1cccc(CN2c3ccccc3C3=C([C@H](c4ccc(O)cc4)C(C#N)=C(N)O3)S2(=O)=O)c1. The van der Waals surface area contributed by atoms with Crippen molar-refractivity contribution in [1.82, 2.24) is 0 Å². The molecule has 2 aliphatic rings. The van der Waals surface area contributed by atoms with Crippen LogP contribution in [0.4, 0.5) is 5.69 Å². The van der Waals surface area contributed by atoms with Gasteiger partial charge in [-0.05, 0) is 47.5 Å². The number of benzene rings is 3. The number of nitrogens with two attached hydrogens (primary N) is 1. The third kappa shape index (κ3) is 3.64. The molecule has 5 rings (SSSR count). The molecule has 8 nitrogen and oxygen atoms in total. The van der Waals surface area contributed by atoms with Crippen molar-refractivity contribution in [3.63, 3.8) is 0 Å². The second-order valence-corrected chi connectivity index (χ2v) is 9.92. The summed E-state index contributed by atoms with van der Waals surface area (Å²) in [5, 5.41) is 19.7. The van der Waals surface area contributed by atoms with Gasteiger partial charge in [-0.15, -0.1) is 0 Å². The summed E-state index contributed by atoms with van der Waals surface area (Å²) in [5.74, 6) is -0.444. The number of para-hydroxylation sites is 1. The van der Waals surface area contributed by atoms with Gasteiger partial charge in [0.05, 0.1) is 25.3 Å². The van der Waals surface area contributed by atoms with Gasteiger partial charge in [0.25, 0.3) is 10.0 Å². The smallest absolute Gasteiger partial charge is 0.265 e. The molecular formula is C26H21N3O5S. The molecule has 176 valence electrons. The number of anilines is 1. The highest BCUT2D eigenvalue weighted by molar-refractivity contribution is 7.96. The van der Waals surface area contributed by atoms with Crippen molar-refractivity contribution < 1.29 is 23.0 Å². The van der Waals surface area contributed by atoms with E-state index >= 15 is 0 Å². The lowest BCUT2D eigenvalue weighted by molar-refractivity contribution is 0.357. The number of phenolic OH excluding ortho intramolecular Hbond substituents is 1. The maximum Gasteiger partial charge on any atom is 0.265 e. The molecule has 1 atom stereocenters. The minimum atomic E-state index is -4.19. The second kappa shape index (κ2) is 8.42. The summed E-state index contributed by atoms with van der Waals surface area (Å²) in [6.07, 6.45) is 0. The van der Waals surface area contributed by atoms with E-state index in [0.717, 1.165) is 5.56 Å². The van der Waals surface area contributed by atoms with Gasteiger partial charge in [-0.25, -0.2) is 8.42 Å². The Kier molecular flexibility index (Phi) is 5.38. The number of aromatic hydroxyl groups is 1. The van der Waals surface area contributed by atoms with Crippen molar-refractivity contribution in [2.24, 2.45) is 5.73 Å². The summed E-state index contributed by atoms with van der Waals surface area (Å²) in [4.78, 5) is -0.0736. The van der Waals surface area contributed by atoms with Crippen molar-refractivity contribution in [2.45, 2.75) is 12.5 Å². The molecule has 0 aliphatic carbocycles. The number of rotatable bonds is 4. The second-order valence-electron chi connectivity index (χ2n) is 8.09. The third-order valence-electron chi connectivity index (χ3n) is 6.04. The number of fused-ring (bicyclic) bond motifs is 2. The normalized spacial score (nSPS) is 18.3. The molecule has 3 aromatic carbocycles. The van der Waals surface area contributed by atoms with Crippen LogP contribution in [0.25, 0.3) is 5.76 Å². The molecule has 0 saturated carbocycles. The molecule has 3 aromatic rings. The first-order valence-corrected chi connectivity index (χ1v) is 12.1. The molecule has 0 bridgehead atoms. The molecule has 0 spiro atoms. The highest BCUT2D eigenvalue weighted by Crippen LogP contribution is 2.51. The number of methoxy groups -OCH3 is 1. The lowest BCUT2D eigenvalue weighted by atomic mass is 9.88. The first kappa shape index (κ1) is 22.4. The van der Waals surface area contributed by atoms with Crippen molar-refractivity contribution in [1.29, 1.82) is 5.26 Å². The van der Waals surface area contributed by atoms with Crippen LogP contribution in [-0.2, 0) is 21.3 Å². The zero-order valence-corrected chi connectivity index (χ0v) is 19.5. The quantitative estimate of drug-likeness (QED) is 0.571. The van der Waals surface area contributed by atoms with E-state index < -0.39 is 15.9 Å². The summed E-state index contributed by atoms with van der Waals surface area (Å²) in [6, 6.07) is 22.2. The molecule has 0 saturated heterocycles. The Morgan fingerprint density at radius 2 is 1.86 bits per heavy atom. The number of sulfonamides is 1. The Hall–Kier alpha value is -4.42. The average Bonchev–Trinajstić information content (AvgIpc) is 2.86. The van der Waals surface area contributed by atoms with Gasteiger partial charge < -0.3 is 20.3 Å². The largest absolute Gasteiger partial charge is 0.508 e. The van der Waals surface area contributed by atoms with Gasteiger partial charge in [-0.1, -0.05) is 36.4 Å². The fraction of sp³-hybridized carbons (Fsp3) is 0.115. The summed E-state index contributed by atoms with van der Waals surface area (Å²) in [6.45, 7) is 0.0384. The summed E-state index contributed by atoms with van der Waals surface area (Å²) in [5.41, 5.74) is 8.30. The van der Waals surface area contributed by atoms with Crippen molar-refractivity contribution in [3.8, 4) is 17.6 Å². The van der Waals surface area contributed by atoms with Crippen LogP contribution in [0, 0.1) is 11.3 Å². The van der Waals surface area contributed by atoms with E-state index in [2.05, 4.69) is 0 Å². The Balaban J connectivity index is 1.74. The third-order valence-corrected chi connectivity index (χ3v) is 7.93. The lowest BCUT2D eigenvalue weighted by Crippen LogP contribution is -2.39. The predicted octanol–water partition coefficient (Wildman–Crippen LogP) is 3.93. The van der Waals surface area contributed by atoms with E-state index in [-0.39, 0.29) is 34.4 Å². The predicted molar refractivity (Wildman–Crippen MR) is 130 cm³/mol. The van der Waals surface area contributed by atoms with E-state index in [9.17, 15) is 18.8 Å². The van der Waals surface area contributed by atoms with Crippen molar-refractivity contribution >= 4 is 21.5 Å². The fourth-order valence-electron chi connectivity index (χ4n) is 4.42. The zero-order chi connectivity index (χ0) is 24.7. The number of ether oxygens (including phenoxy) is 2. The highest BCUT2D eigenvalue weighted by Gasteiger charge is 2.47. The monoisotopic (exact) mass is 487 g/mol. The van der Waals surface area contributed by atoms with Gasteiger partial charge in [-0.2, -0.15) is 5.26 Å². The fourth-order valence-corrected chi connectivity index (χ4v) is 6.33. The van der Waals surface area contributed by atoms with Gasteiger partial charge in [0.15, 0.2) is 5.76 Å². The van der Waals surface area contributed by atoms with Crippen LogP contribution >= 0.6 is 0 Å². The molecular weight excluding hydrogens is 466 g/mol. The number of allylic oxidation sites excluding steroid dienone is 2. The van der Waals surface area contributed by atoms with E-state index in [0.29, 0.717) is 22.6 Å². The Labute approximate surface area is 202 Å². The Morgan fingerprint density at radius 3 is 2.57 bits per heavy atom. The van der Waals surface area contributed by atoms with Crippen molar-refractivity contribution in [2.75, 3.05) is 11.4 Å². The standard InChI is InChI=1S/C26H21N3O5S/c1-33-19-6-4-5-16(13-19)15-29-22-8-3-2-7-20(22)24-25(35(29,31)32)23(21(14-27)26(28)34-24)17-9-11-18(30)12-10-17/h2-13,23,30H,15,28H2,1H3/t23-/m1/s1. The molecule has 3 N–H and O–H groups in total. The van der Waals surface area contributed by atoms with Crippen LogP contribution in [-0.4, -0.2) is 20.6 Å². The van der Waals surface area contributed by atoms with Crippen molar-refractivity contribution in [3.05, 3.63) is 106 Å². The van der Waals surface area contributed by atoms with Crippen LogP contribution < -0.4 is 14.8 Å². The topological polar surface area (TPSA) is 126 Å². The van der Waals surface area contributed by atoms with Crippen LogP contribution in [0.15, 0.2) is 89.2 Å². The van der Waals surface area contributed by atoms with Gasteiger partial charge in [-0.3, -0.25) is 4.31 Å². The minimum Gasteiger partial charge on any atom is -0.508 e. The summed E-state index contributed by atoms with van der Waals surface area (Å²) in [7, 11) is -2.64. The number of hydrogen-bond acceptors (Lipinski definition) is 7. The van der Waals surface area contributed by atoms with E-state index in [1.54, 1.807) is 61.7 Å². The number of hydrogen-bond donors (Lipinski definition) is 2. The molecule has 0 aromatic heterocycles. The summed E-state index contributed by atoms with van der Waals surface area (Å²) < 4.78 is 40.9. The first-order valence-electron chi connectivity index (χ1n) is 10.7. The van der Waals surface area contributed by atoms with Gasteiger partial charge >= 0.3 is 0 Å². The molecule has 9 heteroatoms. The average molecular weight is 488 g/mol. The Morgan fingerprint density at radius 1 is 1.11 bits per heavy atom. The van der Waals surface area contributed by atoms with E-state index in [1.807, 2.05) is 12.1 Å². The molecule has 0 radical (unpaired) electrons. The lowest BCUT2D eigenvalue weighted by Gasteiger charge is -2.38. The molecule has 0 amide bonds. The maximum atomic E-state index is 14.2. The molecule has 0 fully saturated rings. The van der Waals surface area contributed by atoms with E-state index in [4.69, 9.17) is 15.2 Å². The summed E-state index contributed by atoms with van der Waals surface area (Å²) >= 11 is 0. The van der Waals surface area contributed by atoms with E-state index in [1.165, 1.54) is 16.4 Å². The van der Waals surface area contributed by atoms with Gasteiger partial charge in [0.2, 0.25) is 5.88 Å². The van der Waals surface area contributed by atoms with Crippen LogP contribution in [0.5, 0.6) is 11.5 Å². The molecule has 35 heavy (non-hydrogen) atoms. The highest BCUT2D eigenvalue weighted by atomic mass is 32.2. The maximum absolute atomic E-state index is 14.2. The minimum absolute atomic E-state index is 0.0151. The molecule has 2 heterocycles. The van der Waals surface area contributed by atoms with Crippen LogP contribution in [0.1, 0.15) is 22.6 Å². The van der Waals surface area contributed by atoms with Gasteiger partial charge in [0.1, 0.15) is 28.0 Å². The molecule has 2 aliphatic heterocycles. The number of phenols is 1. The van der Waals surface area contributed by atoms with Crippen LogP contribution in [0.3, 0.4) is 0 Å². The number of nitriles is 1. The van der Waals surface area contributed by atoms with Gasteiger partial charge in [0, 0.05) is 5.56 Å². The van der Waals surface area contributed by atoms with Crippen LogP contribution in [0.2, 0.25) is 0 Å².